The fraction of sp³-hybridized carbons (Fsp3) is 0.917. The molecule has 0 aromatic heterocycles. The lowest BCUT2D eigenvalue weighted by Crippen LogP contribution is -2.28. The fourth-order valence-electron chi connectivity index (χ4n) is 1.40. The quantitative estimate of drug-likeness (QED) is 0.628. The second-order valence-electron chi connectivity index (χ2n) is 4.40. The average molecular weight is 214 g/mol. The molecule has 0 saturated heterocycles. The highest BCUT2D eigenvalue weighted by molar-refractivity contribution is 5.75. The van der Waals surface area contributed by atoms with E-state index in [2.05, 4.69) is 13.8 Å². The van der Waals surface area contributed by atoms with Crippen LogP contribution in [0, 0.1) is 5.92 Å². The van der Waals surface area contributed by atoms with Crippen LogP contribution in [0.25, 0.3) is 0 Å². The van der Waals surface area contributed by atoms with Crippen molar-refractivity contribution < 1.29 is 4.79 Å². The number of unbranched alkanes of at least 4 members (excludes halogenated alkanes) is 2. The minimum Gasteiger partial charge on any atom is -0.346 e. The smallest absolute Gasteiger partial charge is 0.222 e. The van der Waals surface area contributed by atoms with Crippen LogP contribution in [0.5, 0.6) is 0 Å². The standard InChI is InChI=1S/C12H26N2O/c1-4-5-6-9-14(3)12(15)8-7-11(2)10-13/h11H,4-10,13H2,1-3H3. The second kappa shape index (κ2) is 8.72. The summed E-state index contributed by atoms with van der Waals surface area (Å²) < 4.78 is 0. The number of amides is 1. The number of carbonyl (C=O) groups excluding carboxylic acids is 1. The maximum Gasteiger partial charge on any atom is 0.222 e. The van der Waals surface area contributed by atoms with Gasteiger partial charge in [-0.2, -0.15) is 0 Å². The molecule has 0 aromatic carbocycles. The molecule has 0 radical (unpaired) electrons. The number of nitrogens with two attached hydrogens (primary N) is 1. The molecular weight excluding hydrogens is 188 g/mol. The number of hydrogen-bond acceptors (Lipinski definition) is 2. The van der Waals surface area contributed by atoms with Gasteiger partial charge in [0.05, 0.1) is 0 Å². The molecular formula is C12H26N2O. The monoisotopic (exact) mass is 214 g/mol. The second-order valence-corrected chi connectivity index (χ2v) is 4.40. The van der Waals surface area contributed by atoms with E-state index in [1.807, 2.05) is 11.9 Å². The largest absolute Gasteiger partial charge is 0.346 e. The van der Waals surface area contributed by atoms with Crippen molar-refractivity contribution in [3.63, 3.8) is 0 Å². The van der Waals surface area contributed by atoms with Gasteiger partial charge in [-0.1, -0.05) is 26.7 Å². The molecule has 0 rings (SSSR count). The molecule has 0 saturated carbocycles. The first-order valence-electron chi connectivity index (χ1n) is 6.05. The Balaban J connectivity index is 3.60. The van der Waals surface area contributed by atoms with Crippen LogP contribution in [0.4, 0.5) is 0 Å². The van der Waals surface area contributed by atoms with Gasteiger partial charge in [-0.25, -0.2) is 0 Å². The fourth-order valence-corrected chi connectivity index (χ4v) is 1.40. The van der Waals surface area contributed by atoms with Crippen molar-refractivity contribution in [2.75, 3.05) is 20.1 Å². The molecule has 3 heteroatoms. The number of nitrogens with zero attached hydrogens (tertiary/aromatic N) is 1. The molecule has 1 amide bonds. The van der Waals surface area contributed by atoms with Gasteiger partial charge in [-0.3, -0.25) is 4.79 Å². The first-order valence-corrected chi connectivity index (χ1v) is 6.05. The van der Waals surface area contributed by atoms with Crippen molar-refractivity contribution in [2.24, 2.45) is 11.7 Å². The molecule has 90 valence electrons. The maximum absolute atomic E-state index is 11.6. The van der Waals surface area contributed by atoms with E-state index in [1.165, 1.54) is 12.8 Å². The van der Waals surface area contributed by atoms with Crippen LogP contribution in [-0.2, 0) is 4.79 Å². The summed E-state index contributed by atoms with van der Waals surface area (Å²) in [6.07, 6.45) is 5.07. The van der Waals surface area contributed by atoms with E-state index < -0.39 is 0 Å². The summed E-state index contributed by atoms with van der Waals surface area (Å²) in [4.78, 5) is 13.5. The Morgan fingerprint density at radius 3 is 2.60 bits per heavy atom. The topological polar surface area (TPSA) is 46.3 Å². The van der Waals surface area contributed by atoms with Crippen LogP contribution in [0.2, 0.25) is 0 Å². The molecule has 0 aromatic rings. The Kier molecular flexibility index (Phi) is 8.38. The van der Waals surface area contributed by atoms with E-state index in [4.69, 9.17) is 5.73 Å². The lowest BCUT2D eigenvalue weighted by atomic mass is 10.1. The Morgan fingerprint density at radius 1 is 1.40 bits per heavy atom. The van der Waals surface area contributed by atoms with Crippen LogP contribution in [0.1, 0.15) is 46.0 Å². The first kappa shape index (κ1) is 14.4. The lowest BCUT2D eigenvalue weighted by molar-refractivity contribution is -0.130. The van der Waals surface area contributed by atoms with Crippen LogP contribution in [-0.4, -0.2) is 30.9 Å². The third-order valence-electron chi connectivity index (χ3n) is 2.78. The van der Waals surface area contributed by atoms with Gasteiger partial charge >= 0.3 is 0 Å². The van der Waals surface area contributed by atoms with Crippen molar-refractivity contribution in [1.82, 2.24) is 4.90 Å². The molecule has 0 bridgehead atoms. The molecule has 0 heterocycles. The summed E-state index contributed by atoms with van der Waals surface area (Å²) in [6, 6.07) is 0. The lowest BCUT2D eigenvalue weighted by Gasteiger charge is -2.17. The molecule has 0 aliphatic heterocycles. The third-order valence-corrected chi connectivity index (χ3v) is 2.78. The molecule has 2 N–H and O–H groups in total. The molecule has 1 unspecified atom stereocenters. The van der Waals surface area contributed by atoms with Gasteiger partial charge in [0.25, 0.3) is 0 Å². The van der Waals surface area contributed by atoms with Crippen molar-refractivity contribution in [2.45, 2.75) is 46.0 Å². The van der Waals surface area contributed by atoms with E-state index in [9.17, 15) is 4.79 Å². The van der Waals surface area contributed by atoms with Crippen molar-refractivity contribution in [1.29, 1.82) is 0 Å². The van der Waals surface area contributed by atoms with Gasteiger partial charge in [0.1, 0.15) is 0 Å². The molecule has 0 fully saturated rings. The molecule has 15 heavy (non-hydrogen) atoms. The van der Waals surface area contributed by atoms with E-state index in [-0.39, 0.29) is 5.91 Å². The van der Waals surface area contributed by atoms with Crippen LogP contribution < -0.4 is 5.73 Å². The Hall–Kier alpha value is -0.570. The molecule has 0 spiro atoms. The van der Waals surface area contributed by atoms with Gasteiger partial charge in [0.2, 0.25) is 5.91 Å². The van der Waals surface area contributed by atoms with Gasteiger partial charge < -0.3 is 10.6 Å². The zero-order valence-electron chi connectivity index (χ0n) is 10.5. The summed E-state index contributed by atoms with van der Waals surface area (Å²) in [5.74, 6) is 0.712. The van der Waals surface area contributed by atoms with Gasteiger partial charge in [0, 0.05) is 20.0 Å². The predicted molar refractivity (Wildman–Crippen MR) is 64.6 cm³/mol. The zero-order chi connectivity index (χ0) is 11.7. The number of carbonyl (C=O) groups is 1. The van der Waals surface area contributed by atoms with Crippen LogP contribution in [0.15, 0.2) is 0 Å². The van der Waals surface area contributed by atoms with E-state index >= 15 is 0 Å². The summed E-state index contributed by atoms with van der Waals surface area (Å²) in [5.41, 5.74) is 5.51. The molecule has 1 atom stereocenters. The first-order chi connectivity index (χ1) is 7.11. The number of rotatable bonds is 8. The maximum atomic E-state index is 11.6. The van der Waals surface area contributed by atoms with E-state index in [1.54, 1.807) is 0 Å². The minimum absolute atomic E-state index is 0.256. The van der Waals surface area contributed by atoms with Gasteiger partial charge in [-0.05, 0) is 25.3 Å². The van der Waals surface area contributed by atoms with Crippen molar-refractivity contribution in [3.8, 4) is 0 Å². The highest BCUT2D eigenvalue weighted by Crippen LogP contribution is 2.06. The van der Waals surface area contributed by atoms with Crippen molar-refractivity contribution >= 4 is 5.91 Å². The predicted octanol–water partition coefficient (Wildman–Crippen LogP) is 2.01. The summed E-state index contributed by atoms with van der Waals surface area (Å²) in [6.45, 7) is 5.83. The van der Waals surface area contributed by atoms with Crippen LogP contribution >= 0.6 is 0 Å². The Labute approximate surface area is 94.0 Å². The van der Waals surface area contributed by atoms with Gasteiger partial charge in [-0.15, -0.1) is 0 Å². The SMILES string of the molecule is CCCCCN(C)C(=O)CCC(C)CN. The zero-order valence-corrected chi connectivity index (χ0v) is 10.5. The summed E-state index contributed by atoms with van der Waals surface area (Å²) in [7, 11) is 1.89. The third kappa shape index (κ3) is 7.37. The van der Waals surface area contributed by atoms with Gasteiger partial charge in [0.15, 0.2) is 0 Å². The van der Waals surface area contributed by atoms with E-state index in [0.717, 1.165) is 19.4 Å². The molecule has 3 nitrogen and oxygen atoms in total. The minimum atomic E-state index is 0.256. The van der Waals surface area contributed by atoms with Crippen LogP contribution in [0.3, 0.4) is 0 Å². The highest BCUT2D eigenvalue weighted by Gasteiger charge is 2.09. The Bertz CT molecular complexity index is 171. The Morgan fingerprint density at radius 2 is 2.07 bits per heavy atom. The molecule has 0 aliphatic carbocycles. The van der Waals surface area contributed by atoms with E-state index in [0.29, 0.717) is 18.9 Å². The normalized spacial score (nSPS) is 12.5. The van der Waals surface area contributed by atoms with Crippen molar-refractivity contribution in [3.05, 3.63) is 0 Å². The number of hydrogen-bond donors (Lipinski definition) is 1. The highest BCUT2D eigenvalue weighted by atomic mass is 16.2. The average Bonchev–Trinajstić information content (AvgIpc) is 2.25. The summed E-state index contributed by atoms with van der Waals surface area (Å²) >= 11 is 0. The molecule has 0 aliphatic rings. The summed E-state index contributed by atoms with van der Waals surface area (Å²) in [5, 5.41) is 0.